The quantitative estimate of drug-likeness (QED) is 0.111. The van der Waals surface area contributed by atoms with Gasteiger partial charge in [0.05, 0.1) is 10.5 Å². The Balaban J connectivity index is 0.000000274. The summed E-state index contributed by atoms with van der Waals surface area (Å²) in [4.78, 5) is 50.2. The molecule has 3 amide bonds. The first-order valence-corrected chi connectivity index (χ1v) is 21.7. The molecule has 1 fully saturated rings. The number of para-hydroxylation sites is 2. The van der Waals surface area contributed by atoms with Crippen molar-refractivity contribution in [3.8, 4) is 6.07 Å². The van der Waals surface area contributed by atoms with Crippen LogP contribution in [0.5, 0.6) is 0 Å². The average molecular weight is 838 g/mol. The van der Waals surface area contributed by atoms with Gasteiger partial charge in [0.1, 0.15) is 29.5 Å². The van der Waals surface area contributed by atoms with E-state index < -0.39 is 28.1 Å². The Hall–Kier alpha value is -5.98. The molecule has 3 heterocycles. The number of nitriles is 1. The maximum absolute atomic E-state index is 13.4. The van der Waals surface area contributed by atoms with Gasteiger partial charge in [-0.1, -0.05) is 76.2 Å². The second kappa shape index (κ2) is 19.8. The first kappa shape index (κ1) is 45.1. The lowest BCUT2D eigenvalue weighted by atomic mass is 10.0. The van der Waals surface area contributed by atoms with Gasteiger partial charge in [0, 0.05) is 55.0 Å². The molecule has 0 saturated carbocycles. The Bertz CT molecular complexity index is 2500. The molecule has 0 spiro atoms. The second-order valence-corrected chi connectivity index (χ2v) is 18.0. The lowest BCUT2D eigenvalue weighted by Crippen LogP contribution is -2.50. The molecule has 0 aliphatic carbocycles. The third-order valence-corrected chi connectivity index (χ3v) is 12.6. The van der Waals surface area contributed by atoms with Gasteiger partial charge < -0.3 is 30.2 Å². The molecular formula is C45H55N7O7S. The minimum Gasteiger partial charge on any atom is -0.480 e. The highest BCUT2D eigenvalue weighted by atomic mass is 32.2. The number of carbonyl (C=O) groups is 4. The van der Waals surface area contributed by atoms with E-state index >= 15 is 0 Å². The number of nitrogens with one attached hydrogen (secondary N) is 3. The summed E-state index contributed by atoms with van der Waals surface area (Å²) >= 11 is 0. The number of hydrogen-bond acceptors (Lipinski definition) is 7. The Kier molecular flexibility index (Phi) is 14.9. The fourth-order valence-electron chi connectivity index (χ4n) is 7.55. The molecule has 2 aromatic heterocycles. The van der Waals surface area contributed by atoms with E-state index in [0.29, 0.717) is 50.0 Å². The second-order valence-electron chi connectivity index (χ2n) is 16.1. The van der Waals surface area contributed by atoms with Crippen molar-refractivity contribution in [1.29, 1.82) is 5.26 Å². The first-order valence-electron chi connectivity index (χ1n) is 20.2. The summed E-state index contributed by atoms with van der Waals surface area (Å²) in [7, 11) is -0.206. The van der Waals surface area contributed by atoms with Gasteiger partial charge in [0.15, 0.2) is 0 Å². The van der Waals surface area contributed by atoms with Crippen molar-refractivity contribution in [2.24, 2.45) is 25.9 Å². The molecule has 5 aromatic rings. The van der Waals surface area contributed by atoms with E-state index in [1.54, 1.807) is 29.8 Å². The minimum atomic E-state index is -3.84. The normalized spacial score (nSPS) is 15.7. The summed E-state index contributed by atoms with van der Waals surface area (Å²) in [6.45, 7) is 8.39. The maximum Gasteiger partial charge on any atom is 0.326 e. The number of carbonyl (C=O) groups excluding carboxylic acids is 3. The van der Waals surface area contributed by atoms with Crippen LogP contribution in [0.15, 0.2) is 89.8 Å². The van der Waals surface area contributed by atoms with Crippen molar-refractivity contribution < 1.29 is 32.7 Å². The van der Waals surface area contributed by atoms with Gasteiger partial charge in [0.2, 0.25) is 15.9 Å². The molecule has 318 valence electrons. The third kappa shape index (κ3) is 10.8. The molecule has 0 radical (unpaired) electrons. The van der Waals surface area contributed by atoms with Crippen LogP contribution in [0.1, 0.15) is 86.3 Å². The van der Waals surface area contributed by atoms with E-state index in [9.17, 15) is 38.0 Å². The van der Waals surface area contributed by atoms with Crippen molar-refractivity contribution in [2.75, 3.05) is 13.1 Å². The van der Waals surface area contributed by atoms with Gasteiger partial charge in [-0.05, 0) is 80.3 Å². The van der Waals surface area contributed by atoms with Gasteiger partial charge in [-0.15, -0.1) is 0 Å². The number of benzene rings is 3. The molecule has 14 nitrogen and oxygen atoms in total. The van der Waals surface area contributed by atoms with Gasteiger partial charge in [-0.25, -0.2) is 13.2 Å². The van der Waals surface area contributed by atoms with Crippen LogP contribution < -0.4 is 16.0 Å². The van der Waals surface area contributed by atoms with Crippen LogP contribution in [0.25, 0.3) is 21.8 Å². The van der Waals surface area contributed by atoms with E-state index in [2.05, 4.69) is 16.0 Å². The predicted octanol–water partition coefficient (Wildman–Crippen LogP) is 5.96. The largest absolute Gasteiger partial charge is 0.480 e. The number of carboxylic acids is 1. The van der Waals surface area contributed by atoms with Crippen molar-refractivity contribution in [3.05, 3.63) is 102 Å². The van der Waals surface area contributed by atoms with E-state index in [1.807, 2.05) is 100.0 Å². The van der Waals surface area contributed by atoms with E-state index in [-0.39, 0.29) is 52.6 Å². The first-order chi connectivity index (χ1) is 28.5. The van der Waals surface area contributed by atoms with Crippen LogP contribution in [0.4, 0.5) is 0 Å². The molecule has 60 heavy (non-hydrogen) atoms. The van der Waals surface area contributed by atoms with Crippen LogP contribution in [0, 0.1) is 23.2 Å². The molecule has 6 rings (SSSR count). The SMILES string of the molecule is CC(C)C[C@H](NC(=O)c1cc2ccccc2n1C)C(=O)NC1CCCN(S(=O)(=O)c2ccccc2C#N)CC1.CC(C)C[C@H](NC(=O)c1cc2ccccc2n1C)C(=O)O. The molecule has 0 bridgehead atoms. The van der Waals surface area contributed by atoms with Crippen LogP contribution >= 0.6 is 0 Å². The number of amides is 3. The number of nitrogens with zero attached hydrogens (tertiary/aromatic N) is 4. The van der Waals surface area contributed by atoms with Crippen molar-refractivity contribution in [1.82, 2.24) is 29.4 Å². The van der Waals surface area contributed by atoms with Crippen LogP contribution in [-0.2, 0) is 33.7 Å². The Labute approximate surface area is 351 Å². The highest BCUT2D eigenvalue weighted by molar-refractivity contribution is 7.89. The zero-order chi connectivity index (χ0) is 43.7. The monoisotopic (exact) mass is 837 g/mol. The van der Waals surface area contributed by atoms with Gasteiger partial charge >= 0.3 is 5.97 Å². The fourth-order valence-corrected chi connectivity index (χ4v) is 9.19. The molecule has 1 unspecified atom stereocenters. The van der Waals surface area contributed by atoms with Gasteiger partial charge in [0.25, 0.3) is 11.8 Å². The standard InChI is InChI=1S/C29H35N5O4S.C16H20N2O3/c1-20(2)17-24(32-29(36)26-18-21-9-4-6-12-25(21)33(26)3)28(35)31-23-11-8-15-34(16-14-23)39(37,38)27-13-7-5-10-22(27)19-30;1-10(2)8-12(16(20)21)17-15(19)14-9-11-6-4-5-7-13(11)18(14)3/h4-7,9-10,12-13,18,20,23-24H,8,11,14-17H2,1-3H3,(H,31,35)(H,32,36);4-7,9-10,12H,8H2,1-3H3,(H,17,19)(H,20,21)/t23?,24-;12-/m00/s1. The topological polar surface area (TPSA) is 196 Å². The number of fused-ring (bicyclic) bond motifs is 2. The maximum atomic E-state index is 13.4. The summed E-state index contributed by atoms with van der Waals surface area (Å²) in [6, 6.07) is 25.3. The molecule has 1 saturated heterocycles. The fraction of sp³-hybridized carbons (Fsp3) is 0.400. The molecule has 3 aromatic carbocycles. The zero-order valence-electron chi connectivity index (χ0n) is 35.0. The van der Waals surface area contributed by atoms with Gasteiger partial charge in [-0.2, -0.15) is 9.57 Å². The van der Waals surface area contributed by atoms with Crippen LogP contribution in [0.2, 0.25) is 0 Å². The molecular weight excluding hydrogens is 783 g/mol. The summed E-state index contributed by atoms with van der Waals surface area (Å²) in [5, 5.41) is 29.1. The van der Waals surface area contributed by atoms with Gasteiger partial charge in [-0.3, -0.25) is 14.4 Å². The number of aromatic nitrogens is 2. The Morgan fingerprint density at radius 3 is 1.77 bits per heavy atom. The molecule has 4 N–H and O–H groups in total. The van der Waals surface area contributed by atoms with Crippen molar-refractivity contribution in [3.63, 3.8) is 0 Å². The number of aryl methyl sites for hydroxylation is 2. The lowest BCUT2D eigenvalue weighted by molar-refractivity contribution is -0.139. The number of rotatable bonds is 13. The van der Waals surface area contributed by atoms with Crippen LogP contribution in [-0.4, -0.2) is 81.9 Å². The smallest absolute Gasteiger partial charge is 0.326 e. The van der Waals surface area contributed by atoms with E-state index in [1.165, 1.54) is 16.4 Å². The van der Waals surface area contributed by atoms with E-state index in [4.69, 9.17) is 0 Å². The number of hydrogen-bond donors (Lipinski definition) is 4. The number of aliphatic carboxylic acids is 1. The highest BCUT2D eigenvalue weighted by Gasteiger charge is 2.32. The van der Waals surface area contributed by atoms with E-state index in [0.717, 1.165) is 21.8 Å². The van der Waals surface area contributed by atoms with Crippen LogP contribution in [0.3, 0.4) is 0 Å². The Morgan fingerprint density at radius 1 is 0.750 bits per heavy atom. The highest BCUT2D eigenvalue weighted by Crippen LogP contribution is 2.24. The number of sulfonamides is 1. The van der Waals surface area contributed by atoms with Crippen molar-refractivity contribution in [2.45, 2.75) is 82.8 Å². The summed E-state index contributed by atoms with van der Waals surface area (Å²) < 4.78 is 31.5. The lowest BCUT2D eigenvalue weighted by Gasteiger charge is -2.24. The minimum absolute atomic E-state index is 0.00281. The summed E-state index contributed by atoms with van der Waals surface area (Å²) in [5.41, 5.74) is 2.93. The predicted molar refractivity (Wildman–Crippen MR) is 231 cm³/mol. The Morgan fingerprint density at radius 2 is 1.25 bits per heavy atom. The summed E-state index contributed by atoms with van der Waals surface area (Å²) in [6.07, 6.45) is 2.50. The van der Waals surface area contributed by atoms with Crippen molar-refractivity contribution >= 4 is 55.5 Å². The summed E-state index contributed by atoms with van der Waals surface area (Å²) in [5.74, 6) is -1.59. The molecule has 15 heteroatoms. The molecule has 3 atom stereocenters. The zero-order valence-corrected chi connectivity index (χ0v) is 35.8. The number of carboxylic acid groups (broad SMARTS) is 1. The third-order valence-electron chi connectivity index (χ3n) is 10.7. The molecule has 1 aliphatic rings. The average Bonchev–Trinajstić information content (AvgIpc) is 3.62. The molecule has 1 aliphatic heterocycles.